The predicted octanol–water partition coefficient (Wildman–Crippen LogP) is 3.99. The summed E-state index contributed by atoms with van der Waals surface area (Å²) < 4.78 is 2.58. The van der Waals surface area contributed by atoms with E-state index in [9.17, 15) is 0 Å². The van der Waals surface area contributed by atoms with E-state index in [1.807, 2.05) is 0 Å². The topological polar surface area (TPSA) is 8.17 Å². The molecule has 106 valence electrons. The normalized spacial score (nSPS) is 26.5. The van der Waals surface area contributed by atoms with Crippen LogP contribution in [0.15, 0.2) is 24.3 Å². The number of hydrogen-bond acceptors (Lipinski definition) is 1. The van der Waals surface area contributed by atoms with Crippen LogP contribution in [0.1, 0.15) is 44.0 Å². The quantitative estimate of drug-likeness (QED) is 0.759. The second-order valence-corrected chi connectivity index (χ2v) is 6.56. The molecule has 0 saturated carbocycles. The Balaban J connectivity index is 1.94. The van der Waals surface area contributed by atoms with Crippen LogP contribution in [0.5, 0.6) is 0 Å². The zero-order chi connectivity index (χ0) is 13.7. The van der Waals surface area contributed by atoms with Gasteiger partial charge in [-0.3, -0.25) is 4.90 Å². The van der Waals surface area contributed by atoms with Crippen molar-refractivity contribution in [1.29, 1.82) is 0 Å². The number of piperidine rings is 1. The van der Waals surface area contributed by atoms with Crippen molar-refractivity contribution < 1.29 is 0 Å². The van der Waals surface area contributed by atoms with Crippen molar-refractivity contribution in [3.63, 3.8) is 0 Å². The number of benzene rings is 1. The average molecular weight is 268 g/mol. The number of fused-ring (bicyclic) bond motifs is 5. The molecule has 0 spiro atoms. The first-order valence-electron chi connectivity index (χ1n) is 8.13. The fourth-order valence-electron chi connectivity index (χ4n) is 4.38. The summed E-state index contributed by atoms with van der Waals surface area (Å²) in [7, 11) is 0. The Morgan fingerprint density at radius 1 is 1.20 bits per heavy atom. The summed E-state index contributed by atoms with van der Waals surface area (Å²) in [5, 5.41) is 1.50. The number of aryl methyl sites for hydroxylation is 1. The van der Waals surface area contributed by atoms with Gasteiger partial charge in [0.05, 0.1) is 6.04 Å². The molecule has 1 fully saturated rings. The summed E-state index contributed by atoms with van der Waals surface area (Å²) >= 11 is 0. The Labute approximate surface area is 121 Å². The van der Waals surface area contributed by atoms with Crippen LogP contribution < -0.4 is 0 Å². The first-order chi connectivity index (χ1) is 9.79. The number of nitrogens with zero attached hydrogens (tertiary/aromatic N) is 2. The Morgan fingerprint density at radius 2 is 2.05 bits per heavy atom. The fourth-order valence-corrected chi connectivity index (χ4v) is 4.38. The summed E-state index contributed by atoms with van der Waals surface area (Å²) in [5.41, 5.74) is 4.71. The number of aromatic nitrogens is 1. The zero-order valence-corrected chi connectivity index (χ0v) is 12.6. The van der Waals surface area contributed by atoms with E-state index >= 15 is 0 Å². The van der Waals surface area contributed by atoms with Crippen molar-refractivity contribution in [2.24, 2.45) is 5.92 Å². The van der Waals surface area contributed by atoms with Crippen molar-refractivity contribution in [2.75, 3.05) is 13.1 Å². The molecule has 0 bridgehead atoms. The van der Waals surface area contributed by atoms with E-state index in [4.69, 9.17) is 0 Å². The first kappa shape index (κ1) is 12.5. The molecular weight excluding hydrogens is 244 g/mol. The molecule has 2 nitrogen and oxygen atoms in total. The lowest BCUT2D eigenvalue weighted by atomic mass is 9.85. The molecule has 0 radical (unpaired) electrons. The molecular formula is C18H24N2. The molecule has 4 rings (SSSR count). The molecule has 2 aromatic rings. The van der Waals surface area contributed by atoms with Crippen LogP contribution in [-0.2, 0) is 13.0 Å². The standard InChI is InChI=1S/C18H24N2/c1-3-20-16-7-5-4-6-14(16)15-9-11-19-10-8-13(2)12-17(19)18(15)20/h4-7,13,17H,3,8-12H2,1-2H3. The van der Waals surface area contributed by atoms with Crippen LogP contribution in [0.3, 0.4) is 0 Å². The Hall–Kier alpha value is -1.28. The van der Waals surface area contributed by atoms with E-state index < -0.39 is 0 Å². The maximum absolute atomic E-state index is 2.73. The zero-order valence-electron chi connectivity index (χ0n) is 12.6. The highest BCUT2D eigenvalue weighted by Gasteiger charge is 2.35. The second-order valence-electron chi connectivity index (χ2n) is 6.56. The molecule has 1 aromatic heterocycles. The monoisotopic (exact) mass is 268 g/mol. The van der Waals surface area contributed by atoms with Crippen molar-refractivity contribution in [2.45, 2.75) is 45.7 Å². The van der Waals surface area contributed by atoms with Gasteiger partial charge in [0.15, 0.2) is 0 Å². The molecule has 1 aromatic carbocycles. The van der Waals surface area contributed by atoms with Crippen LogP contribution in [-0.4, -0.2) is 22.6 Å². The highest BCUT2D eigenvalue weighted by atomic mass is 15.2. The lowest BCUT2D eigenvalue weighted by Gasteiger charge is -2.42. The van der Waals surface area contributed by atoms with Gasteiger partial charge in [0.2, 0.25) is 0 Å². The van der Waals surface area contributed by atoms with Crippen LogP contribution in [0.25, 0.3) is 10.9 Å². The van der Waals surface area contributed by atoms with Gasteiger partial charge < -0.3 is 4.57 Å². The molecule has 3 heterocycles. The second kappa shape index (κ2) is 4.63. The third-order valence-corrected chi connectivity index (χ3v) is 5.38. The van der Waals surface area contributed by atoms with E-state index in [1.54, 1.807) is 11.3 Å². The summed E-state index contributed by atoms with van der Waals surface area (Å²) in [5.74, 6) is 0.866. The summed E-state index contributed by atoms with van der Waals surface area (Å²) in [6, 6.07) is 9.66. The SMILES string of the molecule is CCn1c2c(c3ccccc31)CCN1CCC(C)CC21. The molecule has 20 heavy (non-hydrogen) atoms. The molecule has 2 atom stereocenters. The predicted molar refractivity (Wildman–Crippen MR) is 84.0 cm³/mol. The van der Waals surface area contributed by atoms with Crippen LogP contribution in [0.4, 0.5) is 0 Å². The van der Waals surface area contributed by atoms with Crippen LogP contribution in [0.2, 0.25) is 0 Å². The molecule has 2 unspecified atom stereocenters. The van der Waals surface area contributed by atoms with Crippen molar-refractivity contribution in [3.05, 3.63) is 35.5 Å². The largest absolute Gasteiger partial charge is 0.343 e. The van der Waals surface area contributed by atoms with E-state index in [0.29, 0.717) is 6.04 Å². The van der Waals surface area contributed by atoms with E-state index in [1.165, 1.54) is 43.3 Å². The van der Waals surface area contributed by atoms with Gasteiger partial charge in [-0.15, -0.1) is 0 Å². The summed E-state index contributed by atoms with van der Waals surface area (Å²) in [6.07, 6.45) is 3.94. The fraction of sp³-hybridized carbons (Fsp3) is 0.556. The number of rotatable bonds is 1. The smallest absolute Gasteiger partial charge is 0.0506 e. The van der Waals surface area contributed by atoms with Crippen LogP contribution in [0, 0.1) is 5.92 Å². The van der Waals surface area contributed by atoms with Gasteiger partial charge >= 0.3 is 0 Å². The van der Waals surface area contributed by atoms with Gasteiger partial charge in [-0.25, -0.2) is 0 Å². The van der Waals surface area contributed by atoms with Crippen molar-refractivity contribution in [1.82, 2.24) is 9.47 Å². The van der Waals surface area contributed by atoms with Gasteiger partial charge in [0, 0.05) is 29.7 Å². The molecule has 0 aliphatic carbocycles. The van der Waals surface area contributed by atoms with Gasteiger partial charge in [0.25, 0.3) is 0 Å². The number of hydrogen-bond donors (Lipinski definition) is 0. The van der Waals surface area contributed by atoms with Crippen LogP contribution >= 0.6 is 0 Å². The third-order valence-electron chi connectivity index (χ3n) is 5.38. The third kappa shape index (κ3) is 1.67. The maximum atomic E-state index is 2.73. The minimum absolute atomic E-state index is 0.662. The maximum Gasteiger partial charge on any atom is 0.0506 e. The van der Waals surface area contributed by atoms with Gasteiger partial charge in [-0.2, -0.15) is 0 Å². The van der Waals surface area contributed by atoms with Gasteiger partial charge in [-0.1, -0.05) is 25.1 Å². The molecule has 2 heteroatoms. The lowest BCUT2D eigenvalue weighted by molar-refractivity contribution is 0.104. The van der Waals surface area contributed by atoms with Crippen molar-refractivity contribution in [3.8, 4) is 0 Å². The van der Waals surface area contributed by atoms with Gasteiger partial charge in [0.1, 0.15) is 0 Å². The Morgan fingerprint density at radius 3 is 2.90 bits per heavy atom. The first-order valence-corrected chi connectivity index (χ1v) is 8.13. The average Bonchev–Trinajstić information content (AvgIpc) is 2.81. The van der Waals surface area contributed by atoms with E-state index in [-0.39, 0.29) is 0 Å². The van der Waals surface area contributed by atoms with E-state index in [2.05, 4.69) is 47.6 Å². The molecule has 0 amide bonds. The molecule has 2 aliphatic rings. The highest BCUT2D eigenvalue weighted by molar-refractivity contribution is 5.86. The Bertz CT molecular complexity index is 607. The summed E-state index contributed by atoms with van der Waals surface area (Å²) in [4.78, 5) is 2.73. The Kier molecular flexibility index (Phi) is 2.88. The van der Waals surface area contributed by atoms with Gasteiger partial charge in [-0.05, 0) is 50.3 Å². The minimum Gasteiger partial charge on any atom is -0.343 e. The molecule has 1 saturated heterocycles. The van der Waals surface area contributed by atoms with Crippen molar-refractivity contribution >= 4 is 10.9 Å². The summed E-state index contributed by atoms with van der Waals surface area (Å²) in [6.45, 7) is 8.34. The van der Waals surface area contributed by atoms with E-state index in [0.717, 1.165) is 12.5 Å². The highest BCUT2D eigenvalue weighted by Crippen LogP contribution is 2.42. The minimum atomic E-state index is 0.662. The lowest BCUT2D eigenvalue weighted by Crippen LogP contribution is -2.41. The number of para-hydroxylation sites is 1. The molecule has 0 N–H and O–H groups in total. The molecule has 2 aliphatic heterocycles.